The normalized spacial score (nSPS) is 23.8. The zero-order chi connectivity index (χ0) is 41.3. The van der Waals surface area contributed by atoms with Crippen molar-refractivity contribution < 1.29 is 9.50 Å². The molecular formula is C50H47Cl4FN4O. The quantitative estimate of drug-likeness (QED) is 0.165. The van der Waals surface area contributed by atoms with E-state index in [1.54, 1.807) is 12.3 Å². The van der Waals surface area contributed by atoms with Crippen LogP contribution in [0.1, 0.15) is 109 Å². The number of fused-ring (bicyclic) bond motifs is 4. The molecule has 4 bridgehead atoms. The fourth-order valence-electron chi connectivity index (χ4n) is 10.8. The van der Waals surface area contributed by atoms with Gasteiger partial charge in [-0.25, -0.2) is 4.39 Å². The fraction of sp³-hybridized carbons (Fsp3) is 0.320. The van der Waals surface area contributed by atoms with Crippen molar-refractivity contribution in [1.29, 1.82) is 0 Å². The number of rotatable bonds is 8. The van der Waals surface area contributed by atoms with Crippen LogP contribution in [0.2, 0.25) is 20.1 Å². The Morgan fingerprint density at radius 1 is 0.467 bits per heavy atom. The molecule has 6 aromatic rings. The summed E-state index contributed by atoms with van der Waals surface area (Å²) in [5.74, 6) is 0.711. The molecule has 4 aliphatic heterocycles. The van der Waals surface area contributed by atoms with Crippen LogP contribution in [-0.4, -0.2) is 49.0 Å². The van der Waals surface area contributed by atoms with Crippen molar-refractivity contribution in [2.24, 2.45) is 0 Å². The lowest BCUT2D eigenvalue weighted by molar-refractivity contribution is 0.0926. The summed E-state index contributed by atoms with van der Waals surface area (Å²) in [6, 6.07) is 41.3. The number of hydrogen-bond acceptors (Lipinski definition) is 5. The van der Waals surface area contributed by atoms with Gasteiger partial charge in [0.1, 0.15) is 11.6 Å². The van der Waals surface area contributed by atoms with E-state index in [0.29, 0.717) is 36.0 Å². The third-order valence-electron chi connectivity index (χ3n) is 13.3. The zero-order valence-corrected chi connectivity index (χ0v) is 36.1. The average Bonchev–Trinajstić information content (AvgIpc) is 3.65. The summed E-state index contributed by atoms with van der Waals surface area (Å²) in [5.41, 5.74) is 6.51. The van der Waals surface area contributed by atoms with Crippen molar-refractivity contribution in [3.63, 3.8) is 0 Å². The molecule has 0 spiro atoms. The molecule has 0 aliphatic carbocycles. The first-order valence-corrected chi connectivity index (χ1v) is 22.5. The van der Waals surface area contributed by atoms with E-state index < -0.39 is 0 Å². The summed E-state index contributed by atoms with van der Waals surface area (Å²) >= 11 is 26.7. The highest BCUT2D eigenvalue weighted by molar-refractivity contribution is 6.33. The van der Waals surface area contributed by atoms with Gasteiger partial charge in [0.25, 0.3) is 0 Å². The van der Waals surface area contributed by atoms with Gasteiger partial charge in [-0.05, 0) is 122 Å². The molecule has 6 heterocycles. The minimum Gasteiger partial charge on any atom is -0.506 e. The molecular weight excluding hydrogens is 833 g/mol. The van der Waals surface area contributed by atoms with Crippen molar-refractivity contribution >= 4 is 46.4 Å². The summed E-state index contributed by atoms with van der Waals surface area (Å²) in [6.45, 7) is 0. The van der Waals surface area contributed by atoms with Gasteiger partial charge < -0.3 is 5.11 Å². The molecule has 0 radical (unpaired) electrons. The summed E-state index contributed by atoms with van der Waals surface area (Å²) in [4.78, 5) is 14.2. The van der Waals surface area contributed by atoms with E-state index in [9.17, 15) is 9.50 Å². The molecule has 2 aromatic heterocycles. The van der Waals surface area contributed by atoms with Crippen LogP contribution < -0.4 is 0 Å². The summed E-state index contributed by atoms with van der Waals surface area (Å²) in [7, 11) is 0. The number of benzene rings is 4. The minimum atomic E-state index is -0.281. The van der Waals surface area contributed by atoms with Gasteiger partial charge >= 0.3 is 0 Å². The SMILES string of the molecule is Fc1ccc(C2CC3CCC(C2)N3C(c2ccccc2Cl)c2ccccc2Cl)nc1.Oc1ccc(C2CC3CCC(C2)N3C(c2ccccc2Cl)c2ccccc2Cl)nc1. The lowest BCUT2D eigenvalue weighted by Crippen LogP contribution is -2.45. The van der Waals surface area contributed by atoms with E-state index in [1.807, 2.05) is 72.8 Å². The van der Waals surface area contributed by atoms with Crippen molar-refractivity contribution in [2.75, 3.05) is 0 Å². The Kier molecular flexibility index (Phi) is 12.5. The monoisotopic (exact) mass is 878 g/mol. The highest BCUT2D eigenvalue weighted by Crippen LogP contribution is 2.52. The van der Waals surface area contributed by atoms with Crippen molar-refractivity contribution in [1.82, 2.24) is 19.8 Å². The molecule has 308 valence electrons. The lowest BCUT2D eigenvalue weighted by Gasteiger charge is -2.44. The number of halogens is 5. The second kappa shape index (κ2) is 18.1. The molecule has 4 aromatic carbocycles. The second-order valence-corrected chi connectivity index (χ2v) is 18.4. The van der Waals surface area contributed by atoms with Gasteiger partial charge in [0.05, 0.1) is 24.5 Å². The molecule has 4 atom stereocenters. The van der Waals surface area contributed by atoms with Crippen molar-refractivity contribution in [3.05, 3.63) is 193 Å². The zero-order valence-electron chi connectivity index (χ0n) is 33.1. The molecule has 4 aliphatic rings. The largest absolute Gasteiger partial charge is 0.506 e. The molecule has 0 amide bonds. The Labute approximate surface area is 372 Å². The first-order valence-electron chi connectivity index (χ1n) is 21.0. The average molecular weight is 881 g/mol. The molecule has 10 rings (SSSR count). The van der Waals surface area contributed by atoms with Gasteiger partial charge in [-0.15, -0.1) is 0 Å². The first kappa shape index (κ1) is 41.3. The number of hydrogen-bond donors (Lipinski definition) is 1. The smallest absolute Gasteiger partial charge is 0.141 e. The van der Waals surface area contributed by atoms with Crippen LogP contribution in [0.5, 0.6) is 5.75 Å². The summed E-state index contributed by atoms with van der Waals surface area (Å²) in [5, 5.41) is 12.7. The Bertz CT molecular complexity index is 2130. The van der Waals surface area contributed by atoms with Gasteiger partial charge in [-0.2, -0.15) is 0 Å². The summed E-state index contributed by atoms with van der Waals surface area (Å²) < 4.78 is 13.3. The molecule has 10 heteroatoms. The molecule has 4 fully saturated rings. The molecule has 0 saturated carbocycles. The third kappa shape index (κ3) is 8.44. The maximum absolute atomic E-state index is 13.3. The van der Waals surface area contributed by atoms with Crippen LogP contribution >= 0.6 is 46.4 Å². The van der Waals surface area contributed by atoms with Crippen LogP contribution in [-0.2, 0) is 0 Å². The van der Waals surface area contributed by atoms with Crippen LogP contribution in [0, 0.1) is 5.82 Å². The van der Waals surface area contributed by atoms with E-state index in [-0.39, 0.29) is 23.7 Å². The topological polar surface area (TPSA) is 52.5 Å². The Balaban J connectivity index is 0.000000154. The first-order chi connectivity index (χ1) is 29.2. The van der Waals surface area contributed by atoms with Crippen LogP contribution in [0.15, 0.2) is 134 Å². The van der Waals surface area contributed by atoms with Gasteiger partial charge in [-0.1, -0.05) is 119 Å². The Morgan fingerprint density at radius 2 is 0.800 bits per heavy atom. The molecule has 4 unspecified atom stereocenters. The molecule has 5 nitrogen and oxygen atoms in total. The highest BCUT2D eigenvalue weighted by Gasteiger charge is 2.47. The number of nitrogens with zero attached hydrogens (tertiary/aromatic N) is 4. The molecule has 4 saturated heterocycles. The maximum atomic E-state index is 13.3. The number of aromatic hydroxyl groups is 1. The van der Waals surface area contributed by atoms with Crippen molar-refractivity contribution in [3.8, 4) is 5.75 Å². The van der Waals surface area contributed by atoms with Gasteiger partial charge in [-0.3, -0.25) is 19.8 Å². The number of pyridine rings is 2. The van der Waals surface area contributed by atoms with Gasteiger partial charge in [0.2, 0.25) is 0 Å². The Hall–Kier alpha value is -4.01. The maximum Gasteiger partial charge on any atom is 0.141 e. The third-order valence-corrected chi connectivity index (χ3v) is 14.7. The fourth-order valence-corrected chi connectivity index (χ4v) is 11.7. The second-order valence-electron chi connectivity index (χ2n) is 16.7. The van der Waals surface area contributed by atoms with E-state index in [4.69, 9.17) is 46.4 Å². The van der Waals surface area contributed by atoms with Gasteiger partial charge in [0, 0.05) is 67.5 Å². The predicted molar refractivity (Wildman–Crippen MR) is 241 cm³/mol. The van der Waals surface area contributed by atoms with Crippen LogP contribution in [0.4, 0.5) is 4.39 Å². The number of piperidine rings is 2. The summed E-state index contributed by atoms with van der Waals surface area (Å²) in [6.07, 6.45) is 11.7. The van der Waals surface area contributed by atoms with E-state index in [2.05, 4.69) is 56.2 Å². The predicted octanol–water partition coefficient (Wildman–Crippen LogP) is 13.6. The minimum absolute atomic E-state index is 0.0204. The lowest BCUT2D eigenvalue weighted by atomic mass is 9.84. The van der Waals surface area contributed by atoms with E-state index in [1.165, 1.54) is 25.1 Å². The number of aromatic nitrogens is 2. The molecule has 60 heavy (non-hydrogen) atoms. The van der Waals surface area contributed by atoms with E-state index >= 15 is 0 Å². The van der Waals surface area contributed by atoms with Crippen molar-refractivity contribution in [2.45, 2.75) is 99.5 Å². The standard InChI is InChI=1S/C25H23Cl2FN2.C25H24Cl2N2O/c26-22-7-3-1-5-20(22)25(21-6-2-4-8-23(21)27)30-18-10-11-19(30)14-16(13-18)24-12-9-17(28)15-29-24;26-22-7-3-1-5-20(22)25(21-6-2-4-8-23(21)27)29-17-9-10-18(29)14-16(13-17)24-12-11-19(30)15-28-24/h1-9,12,15-16,18-19,25H,10-11,13-14H2;1-8,11-12,15-18,25,30H,9-10,13-14H2. The highest BCUT2D eigenvalue weighted by atomic mass is 35.5. The van der Waals surface area contributed by atoms with Gasteiger partial charge in [0.15, 0.2) is 0 Å². The Morgan fingerprint density at radius 3 is 1.10 bits per heavy atom. The van der Waals surface area contributed by atoms with Crippen LogP contribution in [0.3, 0.4) is 0 Å². The van der Waals surface area contributed by atoms with E-state index in [0.717, 1.165) is 92.3 Å². The molecule has 1 N–H and O–H groups in total. The van der Waals surface area contributed by atoms with Crippen LogP contribution in [0.25, 0.3) is 0 Å².